The van der Waals surface area contributed by atoms with Gasteiger partial charge in [-0.3, -0.25) is 0 Å². The average Bonchev–Trinajstić information content (AvgIpc) is 2.77. The van der Waals surface area contributed by atoms with Gasteiger partial charge in [-0.05, 0) is 66.1 Å². The van der Waals surface area contributed by atoms with E-state index in [1.54, 1.807) is 30.3 Å². The van der Waals surface area contributed by atoms with Crippen molar-refractivity contribution in [3.05, 3.63) is 84.8 Å². The van der Waals surface area contributed by atoms with Crippen molar-refractivity contribution in [1.82, 2.24) is 5.43 Å². The van der Waals surface area contributed by atoms with Crippen LogP contribution in [0.15, 0.2) is 58.1 Å². The molecule has 0 heterocycles. The minimum absolute atomic E-state index is 0.220. The van der Waals surface area contributed by atoms with Gasteiger partial charge in [0.1, 0.15) is 6.61 Å². The highest BCUT2D eigenvalue weighted by molar-refractivity contribution is 9.10. The molecule has 33 heavy (non-hydrogen) atoms. The van der Waals surface area contributed by atoms with Crippen LogP contribution in [0.1, 0.15) is 16.7 Å². The second-order valence-electron chi connectivity index (χ2n) is 6.86. The van der Waals surface area contributed by atoms with Crippen molar-refractivity contribution in [1.29, 1.82) is 0 Å². The van der Waals surface area contributed by atoms with Gasteiger partial charge in [0.2, 0.25) is 0 Å². The largest absolute Gasteiger partial charge is 0.493 e. The highest BCUT2D eigenvalue weighted by Gasteiger charge is 2.12. The fourth-order valence-electron chi connectivity index (χ4n) is 2.79. The smallest absolute Gasteiger partial charge is 0.339 e. The molecule has 0 atom stereocenters. The SMILES string of the molecule is COc1cc(/C=N/NC(=O)Nc2ccc(Br)c(C)c2)cc(Cl)c1OCc1ccc(Cl)c(Cl)c1. The summed E-state index contributed by atoms with van der Waals surface area (Å²) in [5, 5.41) is 7.89. The van der Waals surface area contributed by atoms with E-state index in [9.17, 15) is 4.79 Å². The van der Waals surface area contributed by atoms with Gasteiger partial charge >= 0.3 is 6.03 Å². The van der Waals surface area contributed by atoms with Crippen LogP contribution in [-0.4, -0.2) is 19.4 Å². The molecule has 0 radical (unpaired) electrons. The third kappa shape index (κ3) is 7.01. The first-order chi connectivity index (χ1) is 15.8. The topological polar surface area (TPSA) is 72.0 Å². The molecule has 0 spiro atoms. The zero-order valence-corrected chi connectivity index (χ0v) is 21.4. The average molecular weight is 572 g/mol. The van der Waals surface area contributed by atoms with Crippen molar-refractivity contribution in [3.63, 3.8) is 0 Å². The van der Waals surface area contributed by atoms with Crippen molar-refractivity contribution in [3.8, 4) is 11.5 Å². The Morgan fingerprint density at radius 2 is 1.85 bits per heavy atom. The molecule has 0 aliphatic rings. The number of methoxy groups -OCH3 is 1. The quantitative estimate of drug-likeness (QED) is 0.228. The number of ether oxygens (including phenoxy) is 2. The first-order valence-electron chi connectivity index (χ1n) is 9.57. The molecule has 0 unspecified atom stereocenters. The number of nitrogens with zero attached hydrogens (tertiary/aromatic N) is 1. The predicted molar refractivity (Wildman–Crippen MR) is 137 cm³/mol. The summed E-state index contributed by atoms with van der Waals surface area (Å²) in [5.41, 5.74) is 5.49. The van der Waals surface area contributed by atoms with Crippen LogP contribution >= 0.6 is 50.7 Å². The van der Waals surface area contributed by atoms with Crippen LogP contribution in [0.4, 0.5) is 10.5 Å². The second-order valence-corrected chi connectivity index (χ2v) is 8.94. The van der Waals surface area contributed by atoms with E-state index < -0.39 is 6.03 Å². The van der Waals surface area contributed by atoms with E-state index in [4.69, 9.17) is 44.3 Å². The standard InChI is InChI=1S/C23H19BrCl3N3O3/c1-13-7-16(4-5-17(13)24)29-23(31)30-28-11-15-9-20(27)22(21(10-15)32-2)33-12-14-3-6-18(25)19(26)8-14/h3-11H,12H2,1-2H3,(H2,29,30,31)/b28-11+. The van der Waals surface area contributed by atoms with Gasteiger partial charge in [-0.2, -0.15) is 5.10 Å². The van der Waals surface area contributed by atoms with Crippen molar-refractivity contribution in [2.24, 2.45) is 5.10 Å². The van der Waals surface area contributed by atoms with Gasteiger partial charge in [-0.25, -0.2) is 10.2 Å². The molecular weight excluding hydrogens is 553 g/mol. The Hall–Kier alpha value is -2.45. The van der Waals surface area contributed by atoms with Crippen LogP contribution in [0.2, 0.25) is 15.1 Å². The Bertz CT molecular complexity index is 1210. The molecule has 0 saturated carbocycles. The molecule has 0 bridgehead atoms. The number of urea groups is 1. The van der Waals surface area contributed by atoms with Gasteiger partial charge in [-0.1, -0.05) is 56.8 Å². The van der Waals surface area contributed by atoms with Gasteiger partial charge in [0, 0.05) is 10.2 Å². The number of nitrogens with one attached hydrogen (secondary N) is 2. The molecule has 10 heteroatoms. The Morgan fingerprint density at radius 1 is 1.06 bits per heavy atom. The fraction of sp³-hybridized carbons (Fsp3) is 0.130. The van der Waals surface area contributed by atoms with E-state index in [0.29, 0.717) is 37.8 Å². The summed E-state index contributed by atoms with van der Waals surface area (Å²) in [6.07, 6.45) is 1.45. The normalized spacial score (nSPS) is 10.8. The summed E-state index contributed by atoms with van der Waals surface area (Å²) in [6.45, 7) is 2.15. The van der Waals surface area contributed by atoms with Gasteiger partial charge in [0.15, 0.2) is 11.5 Å². The van der Waals surface area contributed by atoms with E-state index in [1.807, 2.05) is 25.1 Å². The first kappa shape index (κ1) is 25.2. The summed E-state index contributed by atoms with van der Waals surface area (Å²) in [7, 11) is 1.50. The summed E-state index contributed by atoms with van der Waals surface area (Å²) < 4.78 is 12.2. The zero-order chi connectivity index (χ0) is 24.0. The Kier molecular flexibility index (Phi) is 8.86. The van der Waals surface area contributed by atoms with E-state index in [1.165, 1.54) is 13.3 Å². The summed E-state index contributed by atoms with van der Waals surface area (Å²) in [4.78, 5) is 12.1. The van der Waals surface area contributed by atoms with Crippen LogP contribution in [-0.2, 0) is 6.61 Å². The minimum Gasteiger partial charge on any atom is -0.493 e. The number of carbonyl (C=O) groups excluding carboxylic acids is 1. The third-order valence-corrected chi connectivity index (χ3v) is 6.32. The van der Waals surface area contributed by atoms with Crippen LogP contribution < -0.4 is 20.2 Å². The highest BCUT2D eigenvalue weighted by atomic mass is 79.9. The summed E-state index contributed by atoms with van der Waals surface area (Å²) >= 11 is 21.8. The third-order valence-electron chi connectivity index (χ3n) is 4.41. The summed E-state index contributed by atoms with van der Waals surface area (Å²) in [5.74, 6) is 0.789. The lowest BCUT2D eigenvalue weighted by atomic mass is 10.2. The molecule has 0 aliphatic carbocycles. The molecule has 172 valence electrons. The Balaban J connectivity index is 1.64. The predicted octanol–water partition coefficient (Wildman–Crippen LogP) is 7.46. The van der Waals surface area contributed by atoms with Crippen LogP contribution in [0.25, 0.3) is 0 Å². The number of aryl methyl sites for hydroxylation is 1. The van der Waals surface area contributed by atoms with Gasteiger partial charge in [0.05, 0.1) is 28.4 Å². The molecule has 3 aromatic rings. The van der Waals surface area contributed by atoms with Crippen molar-refractivity contribution in [2.75, 3.05) is 12.4 Å². The van der Waals surface area contributed by atoms with E-state index in [0.717, 1.165) is 15.6 Å². The van der Waals surface area contributed by atoms with E-state index >= 15 is 0 Å². The van der Waals surface area contributed by atoms with Crippen LogP contribution in [0, 0.1) is 6.92 Å². The molecule has 0 saturated heterocycles. The molecule has 2 N–H and O–H groups in total. The second kappa shape index (κ2) is 11.6. The molecule has 0 aromatic heterocycles. The number of anilines is 1. The molecule has 3 aromatic carbocycles. The molecular formula is C23H19BrCl3N3O3. The lowest BCUT2D eigenvalue weighted by Crippen LogP contribution is -2.24. The molecule has 3 rings (SSSR count). The maximum atomic E-state index is 12.1. The first-order valence-corrected chi connectivity index (χ1v) is 11.5. The number of halogens is 4. The van der Waals surface area contributed by atoms with Gasteiger partial charge < -0.3 is 14.8 Å². The Morgan fingerprint density at radius 3 is 2.55 bits per heavy atom. The maximum absolute atomic E-state index is 12.1. The van der Waals surface area contributed by atoms with Crippen LogP contribution in [0.5, 0.6) is 11.5 Å². The number of carbonyl (C=O) groups is 1. The van der Waals surface area contributed by atoms with Crippen molar-refractivity contribution < 1.29 is 14.3 Å². The number of hydrazone groups is 1. The highest BCUT2D eigenvalue weighted by Crippen LogP contribution is 2.37. The van der Waals surface area contributed by atoms with Crippen molar-refractivity contribution in [2.45, 2.75) is 13.5 Å². The van der Waals surface area contributed by atoms with Gasteiger partial charge in [-0.15, -0.1) is 0 Å². The lowest BCUT2D eigenvalue weighted by molar-refractivity contribution is 0.252. The van der Waals surface area contributed by atoms with Gasteiger partial charge in [0.25, 0.3) is 0 Å². The van der Waals surface area contributed by atoms with E-state index in [2.05, 4.69) is 31.8 Å². The number of amides is 2. The molecule has 0 fully saturated rings. The Labute approximate surface area is 215 Å². The van der Waals surface area contributed by atoms with Crippen LogP contribution in [0.3, 0.4) is 0 Å². The molecule has 6 nitrogen and oxygen atoms in total. The monoisotopic (exact) mass is 569 g/mol. The lowest BCUT2D eigenvalue weighted by Gasteiger charge is -2.13. The number of hydrogen-bond donors (Lipinski definition) is 2. The maximum Gasteiger partial charge on any atom is 0.339 e. The minimum atomic E-state index is -0.479. The number of rotatable bonds is 7. The fourth-order valence-corrected chi connectivity index (χ4v) is 3.63. The zero-order valence-electron chi connectivity index (χ0n) is 17.6. The molecule has 2 amide bonds. The molecule has 0 aliphatic heterocycles. The number of benzene rings is 3. The number of hydrogen-bond acceptors (Lipinski definition) is 4. The summed E-state index contributed by atoms with van der Waals surface area (Å²) in [6, 6.07) is 13.6. The van der Waals surface area contributed by atoms with Crippen molar-refractivity contribution >= 4 is 68.7 Å². The van der Waals surface area contributed by atoms with E-state index in [-0.39, 0.29) is 6.61 Å².